The Balaban J connectivity index is 2.02. The van der Waals surface area contributed by atoms with Gasteiger partial charge in [-0.05, 0) is 84.8 Å². The Morgan fingerprint density at radius 1 is 1.14 bits per heavy atom. The first-order valence-electron chi connectivity index (χ1n) is 6.76. The van der Waals surface area contributed by atoms with Crippen molar-refractivity contribution in [2.24, 2.45) is 0 Å². The molecule has 0 aliphatic carbocycles. The number of nitrogens with one attached hydrogen (secondary N) is 1. The van der Waals surface area contributed by atoms with E-state index in [0.29, 0.717) is 0 Å². The Bertz CT molecular complexity index is 638. The molecule has 110 valence electrons. The predicted molar refractivity (Wildman–Crippen MR) is 93.8 cm³/mol. The zero-order valence-corrected chi connectivity index (χ0v) is 14.5. The van der Waals surface area contributed by atoms with Crippen LogP contribution >= 0.6 is 22.6 Å². The average molecular weight is 395 g/mol. The highest BCUT2D eigenvalue weighted by molar-refractivity contribution is 14.1. The summed E-state index contributed by atoms with van der Waals surface area (Å²) in [6, 6.07) is 13.5. The summed E-state index contributed by atoms with van der Waals surface area (Å²) in [5.74, 6) is 0.595. The Morgan fingerprint density at radius 2 is 1.81 bits per heavy atom. The van der Waals surface area contributed by atoms with Gasteiger partial charge >= 0.3 is 0 Å². The SMILES string of the molecule is Cc1cccc(OC(C)C(=O)Nc2ccc(I)cc2)c1C. The molecule has 2 aromatic rings. The van der Waals surface area contributed by atoms with E-state index < -0.39 is 6.10 Å². The lowest BCUT2D eigenvalue weighted by Crippen LogP contribution is -2.30. The molecule has 3 nitrogen and oxygen atoms in total. The van der Waals surface area contributed by atoms with Gasteiger partial charge in [0.25, 0.3) is 5.91 Å². The summed E-state index contributed by atoms with van der Waals surface area (Å²) in [4.78, 5) is 12.2. The van der Waals surface area contributed by atoms with Crippen LogP contribution in [0.3, 0.4) is 0 Å². The number of aryl methyl sites for hydroxylation is 1. The minimum absolute atomic E-state index is 0.155. The number of benzene rings is 2. The van der Waals surface area contributed by atoms with Crippen LogP contribution in [0.15, 0.2) is 42.5 Å². The molecule has 4 heteroatoms. The maximum absolute atomic E-state index is 12.2. The third-order valence-electron chi connectivity index (χ3n) is 3.34. The molecule has 0 aromatic heterocycles. The van der Waals surface area contributed by atoms with E-state index >= 15 is 0 Å². The molecule has 1 amide bonds. The third-order valence-corrected chi connectivity index (χ3v) is 4.06. The summed E-state index contributed by atoms with van der Waals surface area (Å²) in [5, 5.41) is 2.86. The lowest BCUT2D eigenvalue weighted by atomic mass is 10.1. The van der Waals surface area contributed by atoms with Crippen molar-refractivity contribution in [2.75, 3.05) is 5.32 Å². The van der Waals surface area contributed by atoms with E-state index in [0.717, 1.165) is 26.1 Å². The minimum Gasteiger partial charge on any atom is -0.481 e. The monoisotopic (exact) mass is 395 g/mol. The van der Waals surface area contributed by atoms with Crippen LogP contribution < -0.4 is 10.1 Å². The maximum Gasteiger partial charge on any atom is 0.265 e. The fraction of sp³-hybridized carbons (Fsp3) is 0.235. The summed E-state index contributed by atoms with van der Waals surface area (Å²) in [7, 11) is 0. The van der Waals surface area contributed by atoms with Gasteiger partial charge in [-0.2, -0.15) is 0 Å². The fourth-order valence-electron chi connectivity index (χ4n) is 1.87. The fourth-order valence-corrected chi connectivity index (χ4v) is 2.23. The van der Waals surface area contributed by atoms with Gasteiger partial charge in [0.05, 0.1) is 0 Å². The molecular weight excluding hydrogens is 377 g/mol. The van der Waals surface area contributed by atoms with E-state index in [9.17, 15) is 4.79 Å². The number of ether oxygens (including phenoxy) is 1. The van der Waals surface area contributed by atoms with Crippen LogP contribution in [0.4, 0.5) is 5.69 Å². The van der Waals surface area contributed by atoms with Crippen LogP contribution in [0.2, 0.25) is 0 Å². The van der Waals surface area contributed by atoms with Gasteiger partial charge in [-0.1, -0.05) is 12.1 Å². The number of rotatable bonds is 4. The molecule has 0 saturated carbocycles. The van der Waals surface area contributed by atoms with Crippen LogP contribution in [0.1, 0.15) is 18.1 Å². The molecule has 0 spiro atoms. The Morgan fingerprint density at radius 3 is 2.48 bits per heavy atom. The first kappa shape index (κ1) is 15.8. The normalized spacial score (nSPS) is 11.8. The van der Waals surface area contributed by atoms with Gasteiger partial charge in [-0.3, -0.25) is 4.79 Å². The van der Waals surface area contributed by atoms with Crippen molar-refractivity contribution in [1.29, 1.82) is 0 Å². The highest BCUT2D eigenvalue weighted by Crippen LogP contribution is 2.22. The van der Waals surface area contributed by atoms with E-state index in [4.69, 9.17) is 4.74 Å². The van der Waals surface area contributed by atoms with Crippen LogP contribution in [0.25, 0.3) is 0 Å². The second kappa shape index (κ2) is 6.93. The third kappa shape index (κ3) is 4.20. The summed E-state index contributed by atoms with van der Waals surface area (Å²) in [6.07, 6.45) is -0.551. The number of anilines is 1. The van der Waals surface area contributed by atoms with Crippen LogP contribution in [-0.4, -0.2) is 12.0 Å². The van der Waals surface area contributed by atoms with Crippen molar-refractivity contribution in [3.05, 3.63) is 57.2 Å². The van der Waals surface area contributed by atoms with Crippen LogP contribution in [0, 0.1) is 17.4 Å². The second-order valence-corrected chi connectivity index (χ2v) is 6.20. The van der Waals surface area contributed by atoms with Gasteiger partial charge in [-0.25, -0.2) is 0 Å². The standard InChI is InChI=1S/C17H18INO2/c1-11-5-4-6-16(12(11)2)21-13(3)17(20)19-15-9-7-14(18)8-10-15/h4-10,13H,1-3H3,(H,19,20). The van der Waals surface area contributed by atoms with Crippen molar-refractivity contribution in [2.45, 2.75) is 26.9 Å². The summed E-state index contributed by atoms with van der Waals surface area (Å²) in [5.41, 5.74) is 2.99. The topological polar surface area (TPSA) is 38.3 Å². The zero-order valence-electron chi connectivity index (χ0n) is 12.3. The first-order chi connectivity index (χ1) is 9.97. The van der Waals surface area contributed by atoms with E-state index in [1.165, 1.54) is 0 Å². The molecule has 1 N–H and O–H groups in total. The smallest absolute Gasteiger partial charge is 0.265 e. The molecule has 2 aromatic carbocycles. The molecule has 1 atom stereocenters. The van der Waals surface area contributed by atoms with Crippen molar-refractivity contribution < 1.29 is 9.53 Å². The number of carbonyl (C=O) groups excluding carboxylic acids is 1. The predicted octanol–water partition coefficient (Wildman–Crippen LogP) is 4.31. The molecule has 1 unspecified atom stereocenters. The van der Waals surface area contributed by atoms with Gasteiger partial charge in [-0.15, -0.1) is 0 Å². The molecule has 0 fully saturated rings. The summed E-state index contributed by atoms with van der Waals surface area (Å²) in [6.45, 7) is 5.77. The van der Waals surface area contributed by atoms with Crippen LogP contribution in [0.5, 0.6) is 5.75 Å². The van der Waals surface area contributed by atoms with Crippen molar-refractivity contribution in [3.63, 3.8) is 0 Å². The van der Waals surface area contributed by atoms with Crippen molar-refractivity contribution in [1.82, 2.24) is 0 Å². The van der Waals surface area contributed by atoms with E-state index in [1.54, 1.807) is 6.92 Å². The molecular formula is C17H18INO2. The maximum atomic E-state index is 12.2. The lowest BCUT2D eigenvalue weighted by Gasteiger charge is -2.17. The molecule has 0 radical (unpaired) electrons. The highest BCUT2D eigenvalue weighted by atomic mass is 127. The Hall–Kier alpha value is -1.56. The number of halogens is 1. The number of hydrogen-bond acceptors (Lipinski definition) is 2. The van der Waals surface area contributed by atoms with E-state index in [-0.39, 0.29) is 5.91 Å². The minimum atomic E-state index is -0.551. The van der Waals surface area contributed by atoms with Gasteiger partial charge in [0.15, 0.2) is 6.10 Å². The largest absolute Gasteiger partial charge is 0.481 e. The summed E-state index contributed by atoms with van der Waals surface area (Å²) >= 11 is 2.23. The Labute approximate surface area is 138 Å². The van der Waals surface area contributed by atoms with Gasteiger partial charge in [0.2, 0.25) is 0 Å². The zero-order chi connectivity index (χ0) is 15.4. The lowest BCUT2D eigenvalue weighted by molar-refractivity contribution is -0.122. The number of hydrogen-bond donors (Lipinski definition) is 1. The first-order valence-corrected chi connectivity index (χ1v) is 7.84. The molecule has 2 rings (SSSR count). The van der Waals surface area contributed by atoms with Crippen LogP contribution in [-0.2, 0) is 4.79 Å². The van der Waals surface area contributed by atoms with Crippen molar-refractivity contribution in [3.8, 4) is 5.75 Å². The number of carbonyl (C=O) groups is 1. The highest BCUT2D eigenvalue weighted by Gasteiger charge is 2.16. The molecule has 21 heavy (non-hydrogen) atoms. The Kier molecular flexibility index (Phi) is 5.22. The number of amides is 1. The quantitative estimate of drug-likeness (QED) is 0.784. The molecule has 0 aliphatic heterocycles. The molecule has 0 saturated heterocycles. The average Bonchev–Trinajstić information content (AvgIpc) is 2.46. The molecule has 0 heterocycles. The molecule has 0 aliphatic rings. The van der Waals surface area contributed by atoms with E-state index in [2.05, 4.69) is 27.9 Å². The van der Waals surface area contributed by atoms with Crippen molar-refractivity contribution >= 4 is 34.2 Å². The molecule has 0 bridgehead atoms. The van der Waals surface area contributed by atoms with Gasteiger partial charge in [0.1, 0.15) is 5.75 Å². The summed E-state index contributed by atoms with van der Waals surface area (Å²) < 4.78 is 6.90. The van der Waals surface area contributed by atoms with Gasteiger partial charge in [0, 0.05) is 9.26 Å². The van der Waals surface area contributed by atoms with E-state index in [1.807, 2.05) is 56.3 Å². The van der Waals surface area contributed by atoms with Gasteiger partial charge < -0.3 is 10.1 Å². The second-order valence-electron chi connectivity index (χ2n) is 4.95.